The molecule has 2 unspecified atom stereocenters. The second kappa shape index (κ2) is 13.0. The van der Waals surface area contributed by atoms with E-state index >= 15 is 0 Å². The van der Waals surface area contributed by atoms with Gasteiger partial charge in [-0.25, -0.2) is 13.1 Å². The molecular formula is C22H39IN4O3S. The zero-order valence-corrected chi connectivity index (χ0v) is 22.5. The number of nitrogens with one attached hydrogen (secondary N) is 3. The van der Waals surface area contributed by atoms with Gasteiger partial charge in [-0.2, -0.15) is 0 Å². The second-order valence-electron chi connectivity index (χ2n) is 9.20. The Morgan fingerprint density at radius 1 is 1.26 bits per heavy atom. The number of hydrogen-bond acceptors (Lipinski definition) is 4. The molecule has 7 nitrogen and oxygen atoms in total. The number of ether oxygens (including phenoxy) is 1. The van der Waals surface area contributed by atoms with Gasteiger partial charge < -0.3 is 15.4 Å². The molecule has 31 heavy (non-hydrogen) atoms. The van der Waals surface area contributed by atoms with E-state index in [2.05, 4.69) is 48.0 Å². The molecule has 0 aliphatic carbocycles. The summed E-state index contributed by atoms with van der Waals surface area (Å²) in [6, 6.07) is 7.24. The summed E-state index contributed by atoms with van der Waals surface area (Å²) >= 11 is 0. The molecule has 1 aromatic carbocycles. The van der Waals surface area contributed by atoms with Gasteiger partial charge in [0.2, 0.25) is 10.0 Å². The Morgan fingerprint density at radius 3 is 2.48 bits per heavy atom. The fourth-order valence-corrected chi connectivity index (χ4v) is 4.28. The highest BCUT2D eigenvalue weighted by molar-refractivity contribution is 14.0. The van der Waals surface area contributed by atoms with E-state index in [0.29, 0.717) is 31.2 Å². The maximum Gasteiger partial charge on any atom is 0.240 e. The van der Waals surface area contributed by atoms with Crippen LogP contribution in [0.2, 0.25) is 0 Å². The number of aliphatic imine (C=N–C) groups is 1. The van der Waals surface area contributed by atoms with E-state index in [1.54, 1.807) is 19.2 Å². The standard InChI is InChI=1S/C22H38N4O3S.HI/c1-17(12-13-22(2,3)4)26-21(23-5)24-15-18-8-10-20(11-9-18)30(27,28)25-16-19-7-6-14-29-19;/h8-11,17,19,25H,6-7,12-16H2,1-5H3,(H2,23,24,26);1H. The first-order valence-electron chi connectivity index (χ1n) is 10.8. The van der Waals surface area contributed by atoms with Crippen molar-refractivity contribution in [2.24, 2.45) is 10.4 Å². The van der Waals surface area contributed by atoms with Crippen LogP contribution in [0, 0.1) is 5.41 Å². The average Bonchev–Trinajstić information content (AvgIpc) is 3.21. The normalized spacial score (nSPS) is 18.4. The predicted octanol–water partition coefficient (Wildman–Crippen LogP) is 3.64. The van der Waals surface area contributed by atoms with Crippen LogP contribution in [-0.4, -0.2) is 46.7 Å². The van der Waals surface area contributed by atoms with Gasteiger partial charge in [-0.3, -0.25) is 4.99 Å². The summed E-state index contributed by atoms with van der Waals surface area (Å²) in [7, 11) is -1.77. The van der Waals surface area contributed by atoms with Crippen LogP contribution in [0.5, 0.6) is 0 Å². The minimum absolute atomic E-state index is 0. The van der Waals surface area contributed by atoms with Crippen LogP contribution >= 0.6 is 24.0 Å². The summed E-state index contributed by atoms with van der Waals surface area (Å²) < 4.78 is 33.0. The summed E-state index contributed by atoms with van der Waals surface area (Å²) in [6.07, 6.45) is 4.07. The molecule has 0 aromatic heterocycles. The molecule has 0 amide bonds. The maximum atomic E-state index is 12.5. The molecule has 0 spiro atoms. The van der Waals surface area contributed by atoms with E-state index in [-0.39, 0.29) is 35.0 Å². The maximum absolute atomic E-state index is 12.5. The average molecular weight is 567 g/mol. The SMILES string of the molecule is CN=C(NCc1ccc(S(=O)(=O)NCC2CCCO2)cc1)NC(C)CCC(C)(C)C.I. The van der Waals surface area contributed by atoms with Gasteiger partial charge >= 0.3 is 0 Å². The molecule has 3 N–H and O–H groups in total. The number of rotatable bonds is 9. The number of benzene rings is 1. The number of halogens is 1. The van der Waals surface area contributed by atoms with Crippen LogP contribution in [0.15, 0.2) is 34.2 Å². The largest absolute Gasteiger partial charge is 0.377 e. The highest BCUT2D eigenvalue weighted by Gasteiger charge is 2.20. The molecule has 0 bridgehead atoms. The third-order valence-corrected chi connectivity index (χ3v) is 6.59. The Morgan fingerprint density at radius 2 is 1.94 bits per heavy atom. The van der Waals surface area contributed by atoms with Crippen LogP contribution in [0.4, 0.5) is 0 Å². The van der Waals surface area contributed by atoms with Crippen LogP contribution in [-0.2, 0) is 21.3 Å². The fourth-order valence-electron chi connectivity index (χ4n) is 3.21. The van der Waals surface area contributed by atoms with Crippen molar-refractivity contribution >= 4 is 40.0 Å². The van der Waals surface area contributed by atoms with Crippen molar-refractivity contribution in [3.63, 3.8) is 0 Å². The molecule has 0 radical (unpaired) electrons. The summed E-state index contributed by atoms with van der Waals surface area (Å²) in [5.74, 6) is 0.742. The highest BCUT2D eigenvalue weighted by Crippen LogP contribution is 2.21. The van der Waals surface area contributed by atoms with E-state index in [1.807, 2.05) is 12.1 Å². The van der Waals surface area contributed by atoms with E-state index in [4.69, 9.17) is 4.74 Å². The first-order chi connectivity index (χ1) is 14.1. The third kappa shape index (κ3) is 10.5. The first-order valence-corrected chi connectivity index (χ1v) is 12.2. The lowest BCUT2D eigenvalue weighted by Gasteiger charge is -2.23. The molecule has 1 heterocycles. The quantitative estimate of drug-likeness (QED) is 0.241. The lowest BCUT2D eigenvalue weighted by molar-refractivity contribution is 0.114. The topological polar surface area (TPSA) is 91.8 Å². The van der Waals surface area contributed by atoms with Gasteiger partial charge in [0.1, 0.15) is 0 Å². The van der Waals surface area contributed by atoms with Crippen molar-refractivity contribution in [2.45, 2.75) is 77.0 Å². The summed E-state index contributed by atoms with van der Waals surface area (Å²) in [5, 5.41) is 6.70. The second-order valence-corrected chi connectivity index (χ2v) is 11.0. The summed E-state index contributed by atoms with van der Waals surface area (Å²) in [5.41, 5.74) is 1.30. The molecule has 9 heteroatoms. The molecule has 1 aliphatic heterocycles. The van der Waals surface area contributed by atoms with Crippen LogP contribution < -0.4 is 15.4 Å². The molecule has 1 saturated heterocycles. The van der Waals surface area contributed by atoms with Crippen molar-refractivity contribution in [1.29, 1.82) is 0 Å². The van der Waals surface area contributed by atoms with Crippen molar-refractivity contribution in [3.05, 3.63) is 29.8 Å². The Kier molecular flexibility index (Phi) is 11.8. The lowest BCUT2D eigenvalue weighted by Crippen LogP contribution is -2.42. The molecule has 1 fully saturated rings. The molecule has 2 atom stereocenters. The molecule has 1 aromatic rings. The van der Waals surface area contributed by atoms with Crippen molar-refractivity contribution in [1.82, 2.24) is 15.4 Å². The Bertz CT molecular complexity index is 786. The Labute approximate surface area is 205 Å². The molecule has 0 saturated carbocycles. The van der Waals surface area contributed by atoms with Gasteiger partial charge in [0.15, 0.2) is 5.96 Å². The number of guanidine groups is 1. The first kappa shape index (κ1) is 28.1. The highest BCUT2D eigenvalue weighted by atomic mass is 127. The third-order valence-electron chi connectivity index (χ3n) is 5.15. The van der Waals surface area contributed by atoms with Gasteiger partial charge in [0.05, 0.1) is 11.0 Å². The lowest BCUT2D eigenvalue weighted by atomic mass is 9.89. The molecule has 178 valence electrons. The molecule has 2 rings (SSSR count). The van der Waals surface area contributed by atoms with Gasteiger partial charge in [-0.05, 0) is 55.7 Å². The monoisotopic (exact) mass is 566 g/mol. The zero-order valence-electron chi connectivity index (χ0n) is 19.4. The number of nitrogens with zero attached hydrogens (tertiary/aromatic N) is 1. The van der Waals surface area contributed by atoms with E-state index in [0.717, 1.165) is 37.2 Å². The summed E-state index contributed by atoms with van der Waals surface area (Å²) in [6.45, 7) is 10.5. The van der Waals surface area contributed by atoms with Gasteiger partial charge in [0.25, 0.3) is 0 Å². The van der Waals surface area contributed by atoms with E-state index in [1.165, 1.54) is 0 Å². The fraction of sp³-hybridized carbons (Fsp3) is 0.682. The van der Waals surface area contributed by atoms with Crippen LogP contribution in [0.25, 0.3) is 0 Å². The van der Waals surface area contributed by atoms with Crippen molar-refractivity contribution in [3.8, 4) is 0 Å². The smallest absolute Gasteiger partial charge is 0.240 e. The Hall–Kier alpha value is -0.910. The van der Waals surface area contributed by atoms with Crippen molar-refractivity contribution < 1.29 is 13.2 Å². The minimum atomic E-state index is -3.52. The predicted molar refractivity (Wildman–Crippen MR) is 138 cm³/mol. The van der Waals surface area contributed by atoms with E-state index in [9.17, 15) is 8.42 Å². The number of sulfonamides is 1. The Balaban J connectivity index is 0.00000480. The molecule has 1 aliphatic rings. The van der Waals surface area contributed by atoms with Crippen LogP contribution in [0.3, 0.4) is 0 Å². The number of hydrogen-bond donors (Lipinski definition) is 3. The van der Waals surface area contributed by atoms with E-state index < -0.39 is 10.0 Å². The van der Waals surface area contributed by atoms with Gasteiger partial charge in [0, 0.05) is 32.8 Å². The van der Waals surface area contributed by atoms with Crippen LogP contribution in [0.1, 0.15) is 58.9 Å². The minimum Gasteiger partial charge on any atom is -0.377 e. The molecular weight excluding hydrogens is 527 g/mol. The van der Waals surface area contributed by atoms with Gasteiger partial charge in [-0.15, -0.1) is 24.0 Å². The zero-order chi connectivity index (χ0) is 22.2. The summed E-state index contributed by atoms with van der Waals surface area (Å²) in [4.78, 5) is 4.55. The van der Waals surface area contributed by atoms with Crippen molar-refractivity contribution in [2.75, 3.05) is 20.2 Å². The van der Waals surface area contributed by atoms with Gasteiger partial charge in [-0.1, -0.05) is 32.9 Å².